The number of benzene rings is 2. The number of Topliss-reactive ketones (excluding diaryl/α,β-unsaturated/α-hetero) is 2. The Kier molecular flexibility index (Phi) is 6.96. The van der Waals surface area contributed by atoms with Crippen LogP contribution in [0.4, 0.5) is 5.13 Å². The first-order valence-electron chi connectivity index (χ1n) is 11.9. The highest BCUT2D eigenvalue weighted by molar-refractivity contribution is 7.18. The molecule has 1 amide bonds. The number of anilines is 1. The molecule has 0 saturated carbocycles. The molecular formula is C29H24N2O5S2. The zero-order valence-electron chi connectivity index (χ0n) is 20.9. The Labute approximate surface area is 227 Å². The van der Waals surface area contributed by atoms with Gasteiger partial charge in [-0.05, 0) is 60.7 Å². The number of aliphatic hydroxyl groups excluding tert-OH is 1. The Balaban J connectivity index is 1.50. The molecule has 1 saturated heterocycles. The molecule has 1 atom stereocenters. The van der Waals surface area contributed by atoms with Crippen LogP contribution < -0.4 is 9.64 Å². The summed E-state index contributed by atoms with van der Waals surface area (Å²) in [6.07, 6.45) is 0. The van der Waals surface area contributed by atoms with E-state index in [9.17, 15) is 19.5 Å². The molecule has 192 valence electrons. The predicted molar refractivity (Wildman–Crippen MR) is 148 cm³/mol. The standard InChI is InChI=1S/C29H24N2O5S2/c1-16-7-4-5-8-20(16)15-36-21-12-10-19(11-13-21)25(33)23-24(22-9-6-14-37-22)31(28(35)26(23)34)29-30-17(2)27(38-29)18(3)32/h4-14,24,33H,15H2,1-3H3. The van der Waals surface area contributed by atoms with E-state index in [4.69, 9.17) is 4.74 Å². The van der Waals surface area contributed by atoms with Crippen LogP contribution in [0.2, 0.25) is 0 Å². The van der Waals surface area contributed by atoms with Gasteiger partial charge in [0.2, 0.25) is 0 Å². The number of hydrogen-bond donors (Lipinski definition) is 1. The van der Waals surface area contributed by atoms with Gasteiger partial charge in [0.25, 0.3) is 5.78 Å². The number of carbonyl (C=O) groups excluding carboxylic acids is 3. The van der Waals surface area contributed by atoms with E-state index < -0.39 is 17.7 Å². The molecule has 0 spiro atoms. The fourth-order valence-electron chi connectivity index (χ4n) is 4.36. The molecule has 1 aliphatic rings. The Morgan fingerprint density at radius 2 is 1.79 bits per heavy atom. The minimum atomic E-state index is -0.864. The first-order chi connectivity index (χ1) is 18.3. The number of thiazole rings is 1. The van der Waals surface area contributed by atoms with Crippen molar-refractivity contribution >= 4 is 51.0 Å². The van der Waals surface area contributed by atoms with E-state index in [1.807, 2.05) is 42.6 Å². The van der Waals surface area contributed by atoms with Crippen LogP contribution in [0, 0.1) is 13.8 Å². The number of ether oxygens (including phenoxy) is 1. The molecule has 4 aromatic rings. The highest BCUT2D eigenvalue weighted by Gasteiger charge is 2.48. The molecule has 0 aliphatic carbocycles. The van der Waals surface area contributed by atoms with Crippen LogP contribution in [-0.4, -0.2) is 27.6 Å². The largest absolute Gasteiger partial charge is 0.507 e. The van der Waals surface area contributed by atoms with Crippen molar-refractivity contribution in [3.8, 4) is 5.75 Å². The first-order valence-corrected chi connectivity index (χ1v) is 13.6. The molecule has 2 aromatic heterocycles. The van der Waals surface area contributed by atoms with Gasteiger partial charge in [0, 0.05) is 17.4 Å². The molecule has 0 radical (unpaired) electrons. The summed E-state index contributed by atoms with van der Waals surface area (Å²) in [5, 5.41) is 13.4. The molecule has 38 heavy (non-hydrogen) atoms. The number of aromatic nitrogens is 1. The smallest absolute Gasteiger partial charge is 0.301 e. The first kappa shape index (κ1) is 25.6. The zero-order chi connectivity index (χ0) is 27.0. The molecule has 1 N–H and O–H groups in total. The normalized spacial score (nSPS) is 16.7. The van der Waals surface area contributed by atoms with Gasteiger partial charge in [-0.2, -0.15) is 0 Å². The number of hydrogen-bond acceptors (Lipinski definition) is 8. The maximum Gasteiger partial charge on any atom is 0.301 e. The molecule has 0 bridgehead atoms. The SMILES string of the molecule is CC(=O)c1sc(N2C(=O)C(=O)C(=C(O)c3ccc(OCc4ccccc4C)cc3)C2c2cccs2)nc1C. The van der Waals surface area contributed by atoms with Gasteiger partial charge in [-0.25, -0.2) is 4.98 Å². The number of carbonyl (C=O) groups is 3. The van der Waals surface area contributed by atoms with E-state index in [1.54, 1.807) is 37.3 Å². The Morgan fingerprint density at radius 3 is 2.42 bits per heavy atom. The van der Waals surface area contributed by atoms with Crippen LogP contribution >= 0.6 is 22.7 Å². The lowest BCUT2D eigenvalue weighted by molar-refractivity contribution is -0.132. The van der Waals surface area contributed by atoms with Crippen LogP contribution in [0.1, 0.15) is 49.9 Å². The van der Waals surface area contributed by atoms with Gasteiger partial charge < -0.3 is 9.84 Å². The van der Waals surface area contributed by atoms with Gasteiger partial charge in [0.15, 0.2) is 10.9 Å². The molecule has 7 nitrogen and oxygen atoms in total. The molecule has 1 fully saturated rings. The lowest BCUT2D eigenvalue weighted by atomic mass is 10.00. The monoisotopic (exact) mass is 544 g/mol. The molecule has 3 heterocycles. The van der Waals surface area contributed by atoms with E-state index in [-0.39, 0.29) is 22.2 Å². The van der Waals surface area contributed by atoms with Gasteiger partial charge in [0.05, 0.1) is 16.1 Å². The number of ketones is 2. The topological polar surface area (TPSA) is 96.8 Å². The molecular weight excluding hydrogens is 520 g/mol. The molecule has 1 aliphatic heterocycles. The summed E-state index contributed by atoms with van der Waals surface area (Å²) in [6.45, 7) is 5.55. The predicted octanol–water partition coefficient (Wildman–Crippen LogP) is 6.23. The molecule has 5 rings (SSSR count). The zero-order valence-corrected chi connectivity index (χ0v) is 22.6. The van der Waals surface area contributed by atoms with Crippen LogP contribution in [-0.2, 0) is 16.2 Å². The fourth-order valence-corrected chi connectivity index (χ4v) is 6.17. The van der Waals surface area contributed by atoms with E-state index in [2.05, 4.69) is 4.98 Å². The van der Waals surface area contributed by atoms with Crippen molar-refractivity contribution in [2.24, 2.45) is 0 Å². The minimum Gasteiger partial charge on any atom is -0.507 e. The minimum absolute atomic E-state index is 0.0248. The number of aryl methyl sites for hydroxylation is 2. The number of thiophene rings is 1. The van der Waals surface area contributed by atoms with Crippen molar-refractivity contribution in [2.45, 2.75) is 33.4 Å². The molecule has 2 aromatic carbocycles. The maximum absolute atomic E-state index is 13.3. The molecule has 9 heteroatoms. The van der Waals surface area contributed by atoms with Crippen LogP contribution in [0.5, 0.6) is 5.75 Å². The van der Waals surface area contributed by atoms with E-state index in [1.165, 1.54) is 23.2 Å². The summed E-state index contributed by atoms with van der Waals surface area (Å²) in [5.41, 5.74) is 3.05. The second-order valence-electron chi connectivity index (χ2n) is 8.89. The van der Waals surface area contributed by atoms with Gasteiger partial charge in [-0.1, -0.05) is 41.7 Å². The van der Waals surface area contributed by atoms with Crippen molar-refractivity contribution in [2.75, 3.05) is 4.90 Å². The average Bonchev–Trinajstić information content (AvgIpc) is 3.62. The van der Waals surface area contributed by atoms with Crippen molar-refractivity contribution in [3.63, 3.8) is 0 Å². The lowest BCUT2D eigenvalue weighted by Gasteiger charge is -2.21. The van der Waals surface area contributed by atoms with Gasteiger partial charge in [0.1, 0.15) is 24.2 Å². The van der Waals surface area contributed by atoms with E-state index >= 15 is 0 Å². The van der Waals surface area contributed by atoms with Crippen molar-refractivity contribution in [1.29, 1.82) is 0 Å². The van der Waals surface area contributed by atoms with Gasteiger partial charge in [-0.3, -0.25) is 19.3 Å². The lowest BCUT2D eigenvalue weighted by Crippen LogP contribution is -2.29. The summed E-state index contributed by atoms with van der Waals surface area (Å²) >= 11 is 2.43. The quantitative estimate of drug-likeness (QED) is 0.128. The third-order valence-corrected chi connectivity index (χ3v) is 8.53. The number of nitrogens with zero attached hydrogens (tertiary/aromatic N) is 2. The highest BCUT2D eigenvalue weighted by atomic mass is 32.1. The van der Waals surface area contributed by atoms with E-state index in [0.717, 1.165) is 22.5 Å². The number of rotatable bonds is 7. The third kappa shape index (κ3) is 4.66. The average molecular weight is 545 g/mol. The fraction of sp³-hybridized carbons (Fsp3) is 0.172. The summed E-state index contributed by atoms with van der Waals surface area (Å²) in [4.78, 5) is 45.4. The third-order valence-electron chi connectivity index (χ3n) is 6.35. The van der Waals surface area contributed by atoms with Crippen LogP contribution in [0.15, 0.2) is 71.6 Å². The van der Waals surface area contributed by atoms with Crippen LogP contribution in [0.3, 0.4) is 0 Å². The molecule has 1 unspecified atom stereocenters. The van der Waals surface area contributed by atoms with Gasteiger partial charge >= 0.3 is 5.91 Å². The maximum atomic E-state index is 13.3. The second-order valence-corrected chi connectivity index (χ2v) is 10.8. The summed E-state index contributed by atoms with van der Waals surface area (Å²) in [6, 6.07) is 17.4. The van der Waals surface area contributed by atoms with Crippen molar-refractivity contribution in [3.05, 3.63) is 104 Å². The number of aliphatic hydroxyl groups is 1. The van der Waals surface area contributed by atoms with Gasteiger partial charge in [-0.15, -0.1) is 11.3 Å². The Morgan fingerprint density at radius 1 is 1.05 bits per heavy atom. The van der Waals surface area contributed by atoms with Crippen molar-refractivity contribution in [1.82, 2.24) is 4.98 Å². The highest BCUT2D eigenvalue weighted by Crippen LogP contribution is 2.45. The van der Waals surface area contributed by atoms with Crippen LogP contribution in [0.25, 0.3) is 5.76 Å². The summed E-state index contributed by atoms with van der Waals surface area (Å²) in [5.74, 6) is -1.45. The van der Waals surface area contributed by atoms with E-state index in [0.29, 0.717) is 33.4 Å². The Hall–Kier alpha value is -4.08. The summed E-state index contributed by atoms with van der Waals surface area (Å²) < 4.78 is 5.90. The number of amides is 1. The second kappa shape index (κ2) is 10.4. The Bertz CT molecular complexity index is 1570. The summed E-state index contributed by atoms with van der Waals surface area (Å²) in [7, 11) is 0. The van der Waals surface area contributed by atoms with Crippen molar-refractivity contribution < 1.29 is 24.2 Å².